The topological polar surface area (TPSA) is 68.2 Å². The number of nitrogens with one attached hydrogen (secondary N) is 2. The zero-order valence-electron chi connectivity index (χ0n) is 14.5. The lowest BCUT2D eigenvalue weighted by atomic mass is 10.2. The van der Waals surface area contributed by atoms with E-state index in [9.17, 15) is 9.18 Å². The number of nitrogens with zero attached hydrogens (tertiary/aromatic N) is 2. The van der Waals surface area contributed by atoms with Gasteiger partial charge in [0.15, 0.2) is 0 Å². The Kier molecular flexibility index (Phi) is 5.33. The van der Waals surface area contributed by atoms with Gasteiger partial charge in [-0.15, -0.1) is 0 Å². The molecule has 1 unspecified atom stereocenters. The number of halogens is 1. The van der Waals surface area contributed by atoms with Gasteiger partial charge in [0.1, 0.15) is 5.82 Å². The van der Waals surface area contributed by atoms with Crippen LogP contribution >= 0.6 is 0 Å². The summed E-state index contributed by atoms with van der Waals surface area (Å²) in [5.41, 5.74) is 2.69. The molecule has 6 nitrogen and oxygen atoms in total. The summed E-state index contributed by atoms with van der Waals surface area (Å²) in [7, 11) is 0. The van der Waals surface area contributed by atoms with Crippen molar-refractivity contribution in [1.29, 1.82) is 0 Å². The van der Waals surface area contributed by atoms with Crippen LogP contribution in [0.3, 0.4) is 0 Å². The number of aromatic nitrogens is 2. The molecule has 0 saturated carbocycles. The van der Waals surface area contributed by atoms with Crippen molar-refractivity contribution < 1.29 is 13.9 Å². The Hall–Kier alpha value is -2.41. The van der Waals surface area contributed by atoms with Gasteiger partial charge in [0.05, 0.1) is 29.7 Å². The van der Waals surface area contributed by atoms with E-state index in [0.717, 1.165) is 25.1 Å². The third kappa shape index (κ3) is 4.17. The predicted molar refractivity (Wildman–Crippen MR) is 93.2 cm³/mol. The largest absolute Gasteiger partial charge is 0.376 e. The molecule has 1 aliphatic heterocycles. The number of ether oxygens (including phenoxy) is 1. The quantitative estimate of drug-likeness (QED) is 0.874. The Labute approximate surface area is 146 Å². The highest BCUT2D eigenvalue weighted by Crippen LogP contribution is 2.21. The average Bonchev–Trinajstić information content (AvgIpc) is 3.19. The van der Waals surface area contributed by atoms with E-state index in [4.69, 9.17) is 4.74 Å². The van der Waals surface area contributed by atoms with Gasteiger partial charge in [-0.05, 0) is 32.8 Å². The van der Waals surface area contributed by atoms with Crippen LogP contribution in [0.1, 0.15) is 29.8 Å². The van der Waals surface area contributed by atoms with Gasteiger partial charge in [0.25, 0.3) is 0 Å². The molecule has 2 amide bonds. The number of carbonyl (C=O) groups is 1. The molecule has 0 bridgehead atoms. The van der Waals surface area contributed by atoms with Crippen molar-refractivity contribution in [3.05, 3.63) is 47.0 Å². The minimum absolute atomic E-state index is 0.0942. The summed E-state index contributed by atoms with van der Waals surface area (Å²) in [4.78, 5) is 12.1. The lowest BCUT2D eigenvalue weighted by molar-refractivity contribution is 0.112. The van der Waals surface area contributed by atoms with Gasteiger partial charge in [-0.3, -0.25) is 4.68 Å². The summed E-state index contributed by atoms with van der Waals surface area (Å²) in [5, 5.41) is 10.1. The molecule has 2 aromatic rings. The van der Waals surface area contributed by atoms with E-state index in [2.05, 4.69) is 15.7 Å². The number of benzene rings is 1. The highest BCUT2D eigenvalue weighted by Gasteiger charge is 2.18. The van der Waals surface area contributed by atoms with E-state index >= 15 is 0 Å². The van der Waals surface area contributed by atoms with Crippen LogP contribution in [0.25, 0.3) is 0 Å². The fourth-order valence-electron chi connectivity index (χ4n) is 2.99. The Morgan fingerprint density at radius 3 is 2.92 bits per heavy atom. The number of hydrogen-bond acceptors (Lipinski definition) is 3. The molecule has 0 aliphatic carbocycles. The molecule has 25 heavy (non-hydrogen) atoms. The van der Waals surface area contributed by atoms with Crippen molar-refractivity contribution in [3.8, 4) is 0 Å². The molecule has 3 rings (SSSR count). The van der Waals surface area contributed by atoms with Crippen LogP contribution in [0.5, 0.6) is 0 Å². The second kappa shape index (κ2) is 7.65. The van der Waals surface area contributed by atoms with Crippen LogP contribution in [0.4, 0.5) is 14.9 Å². The number of hydrogen-bond donors (Lipinski definition) is 2. The third-order valence-corrected chi connectivity index (χ3v) is 4.41. The van der Waals surface area contributed by atoms with Gasteiger partial charge in [-0.2, -0.15) is 5.10 Å². The molecule has 2 N–H and O–H groups in total. The molecule has 7 heteroatoms. The Morgan fingerprint density at radius 2 is 2.20 bits per heavy atom. The van der Waals surface area contributed by atoms with Crippen LogP contribution in [0.15, 0.2) is 24.3 Å². The van der Waals surface area contributed by atoms with Crippen molar-refractivity contribution in [2.75, 3.05) is 18.5 Å². The van der Waals surface area contributed by atoms with Crippen LogP contribution in [-0.2, 0) is 11.3 Å². The first-order valence-electron chi connectivity index (χ1n) is 8.48. The zero-order chi connectivity index (χ0) is 17.8. The molecule has 2 heterocycles. The number of carbonyl (C=O) groups excluding carboxylic acids is 1. The maximum Gasteiger partial charge on any atom is 0.319 e. The Bertz CT molecular complexity index is 754. The SMILES string of the molecule is Cc1nn(Cc2ccccc2F)c(C)c1NC(=O)NCC1CCCO1. The van der Waals surface area contributed by atoms with Gasteiger partial charge in [-0.1, -0.05) is 18.2 Å². The second-order valence-corrected chi connectivity index (χ2v) is 6.26. The highest BCUT2D eigenvalue weighted by atomic mass is 19.1. The molecule has 1 fully saturated rings. The van der Waals surface area contributed by atoms with Gasteiger partial charge in [0.2, 0.25) is 0 Å². The first kappa shape index (κ1) is 17.4. The molecule has 1 atom stereocenters. The van der Waals surface area contributed by atoms with Crippen molar-refractivity contribution in [1.82, 2.24) is 15.1 Å². The van der Waals surface area contributed by atoms with Gasteiger partial charge in [-0.25, -0.2) is 9.18 Å². The number of urea groups is 1. The fraction of sp³-hybridized carbons (Fsp3) is 0.444. The maximum atomic E-state index is 13.8. The van der Waals surface area contributed by atoms with E-state index in [-0.39, 0.29) is 18.0 Å². The van der Waals surface area contributed by atoms with Crippen molar-refractivity contribution in [2.24, 2.45) is 0 Å². The van der Waals surface area contributed by atoms with Crippen molar-refractivity contribution >= 4 is 11.7 Å². The summed E-state index contributed by atoms with van der Waals surface area (Å²) in [6.07, 6.45) is 2.10. The average molecular weight is 346 g/mol. The normalized spacial score (nSPS) is 16.8. The van der Waals surface area contributed by atoms with E-state index in [1.54, 1.807) is 22.9 Å². The zero-order valence-corrected chi connectivity index (χ0v) is 14.5. The van der Waals surface area contributed by atoms with Gasteiger partial charge in [0, 0.05) is 18.7 Å². The number of aryl methyl sites for hydroxylation is 1. The van der Waals surface area contributed by atoms with Crippen molar-refractivity contribution in [2.45, 2.75) is 39.3 Å². The number of rotatable bonds is 5. The third-order valence-electron chi connectivity index (χ3n) is 4.41. The smallest absolute Gasteiger partial charge is 0.319 e. The molecule has 134 valence electrons. The van der Waals surface area contributed by atoms with Crippen molar-refractivity contribution in [3.63, 3.8) is 0 Å². The molecule has 1 aliphatic rings. The second-order valence-electron chi connectivity index (χ2n) is 6.26. The van der Waals surface area contributed by atoms with Crippen LogP contribution in [0, 0.1) is 19.7 Å². The van der Waals surface area contributed by atoms with Gasteiger partial charge < -0.3 is 15.4 Å². The molecular formula is C18H23FN4O2. The maximum absolute atomic E-state index is 13.8. The summed E-state index contributed by atoms with van der Waals surface area (Å²) < 4.78 is 21.0. The molecule has 1 aromatic heterocycles. The van der Waals surface area contributed by atoms with E-state index in [1.807, 2.05) is 13.8 Å². The van der Waals surface area contributed by atoms with Crippen LogP contribution < -0.4 is 10.6 Å². The van der Waals surface area contributed by atoms with E-state index in [0.29, 0.717) is 30.0 Å². The lowest BCUT2D eigenvalue weighted by Gasteiger charge is -2.12. The fourth-order valence-corrected chi connectivity index (χ4v) is 2.99. The molecule has 0 spiro atoms. The Morgan fingerprint density at radius 1 is 1.40 bits per heavy atom. The minimum atomic E-state index is -0.285. The van der Waals surface area contributed by atoms with Crippen LogP contribution in [0.2, 0.25) is 0 Å². The van der Waals surface area contributed by atoms with Crippen LogP contribution in [-0.4, -0.2) is 35.1 Å². The summed E-state index contributed by atoms with van der Waals surface area (Å²) >= 11 is 0. The first-order chi connectivity index (χ1) is 12.0. The molecular weight excluding hydrogens is 323 g/mol. The summed E-state index contributed by atoms with van der Waals surface area (Å²) in [5.74, 6) is -0.265. The summed E-state index contributed by atoms with van der Waals surface area (Å²) in [6, 6.07) is 6.33. The highest BCUT2D eigenvalue weighted by molar-refractivity contribution is 5.90. The molecule has 0 radical (unpaired) electrons. The number of anilines is 1. The predicted octanol–water partition coefficient (Wildman–Crippen LogP) is 2.99. The van der Waals surface area contributed by atoms with E-state index in [1.165, 1.54) is 6.07 Å². The molecule has 1 saturated heterocycles. The first-order valence-corrected chi connectivity index (χ1v) is 8.48. The Balaban J connectivity index is 1.65. The standard InChI is InChI=1S/C18H23FN4O2/c1-12-17(21-18(24)20-10-15-7-5-9-25-15)13(2)23(22-12)11-14-6-3-4-8-16(14)19/h3-4,6,8,15H,5,7,9-11H2,1-2H3,(H2,20,21,24). The molecule has 1 aromatic carbocycles. The minimum Gasteiger partial charge on any atom is -0.376 e. The summed E-state index contributed by atoms with van der Waals surface area (Å²) in [6.45, 7) is 5.25. The van der Waals surface area contributed by atoms with E-state index < -0.39 is 0 Å². The van der Waals surface area contributed by atoms with Gasteiger partial charge >= 0.3 is 6.03 Å². The number of amides is 2. The monoisotopic (exact) mass is 346 g/mol. The lowest BCUT2D eigenvalue weighted by Crippen LogP contribution is -2.35.